The average molecular weight is 785 g/mol. The van der Waals surface area contributed by atoms with E-state index in [1.807, 2.05) is 37.3 Å². The van der Waals surface area contributed by atoms with Crippen molar-refractivity contribution in [2.75, 3.05) is 39.4 Å². The standard InChI is InChI=1S/C39H52N4O13/c1-21(2)11-12-22(3)43-26-18-28(27(17-25(26)36(48)49)54-20-42-39(40)41-4)55-38-35(47)34(46)33(45)31(56-38)19-53-37(50)24-15-29(51-5)32(44)30(16-24)52-14-13-23-9-7-6-8-10-23/h6-10,15-18,21-22,31,33-35,38,43-47H,11-14,19-20H2,1-5H3,(H,48,49)(H3,40,41,42)/t22-,31-,33-,34+,35-,38-/m1/s1. The van der Waals surface area contributed by atoms with Gasteiger partial charge < -0.3 is 70.3 Å². The number of aromatic hydroxyl groups is 1. The fourth-order valence-electron chi connectivity index (χ4n) is 5.66. The largest absolute Gasteiger partial charge is 0.502 e. The van der Waals surface area contributed by atoms with Gasteiger partial charge in [-0.2, -0.15) is 0 Å². The van der Waals surface area contributed by atoms with Crippen LogP contribution in [0.1, 0.15) is 59.9 Å². The van der Waals surface area contributed by atoms with E-state index in [-0.39, 0.29) is 70.9 Å². The predicted octanol–water partition coefficient (Wildman–Crippen LogP) is 2.87. The quantitative estimate of drug-likeness (QED) is 0.0377. The lowest BCUT2D eigenvalue weighted by Gasteiger charge is -2.40. The van der Waals surface area contributed by atoms with Crippen molar-refractivity contribution in [2.45, 2.75) is 76.8 Å². The maximum atomic E-state index is 13.3. The van der Waals surface area contributed by atoms with Crippen molar-refractivity contribution >= 4 is 23.6 Å². The topological polar surface area (TPSA) is 253 Å². The number of nitrogens with zero attached hydrogens (tertiary/aromatic N) is 1. The first kappa shape index (κ1) is 43.2. The molecule has 0 amide bonds. The molecule has 17 nitrogen and oxygen atoms in total. The monoisotopic (exact) mass is 784 g/mol. The molecule has 0 aliphatic carbocycles. The van der Waals surface area contributed by atoms with E-state index in [0.717, 1.165) is 18.4 Å². The number of anilines is 1. The van der Waals surface area contributed by atoms with Crippen LogP contribution in [-0.4, -0.2) is 114 Å². The molecule has 0 unspecified atom stereocenters. The number of methoxy groups -OCH3 is 1. The number of benzene rings is 3. The summed E-state index contributed by atoms with van der Waals surface area (Å²) in [5.41, 5.74) is 6.70. The number of aliphatic hydroxyl groups excluding tert-OH is 3. The van der Waals surface area contributed by atoms with Crippen LogP contribution in [0.3, 0.4) is 0 Å². The summed E-state index contributed by atoms with van der Waals surface area (Å²) >= 11 is 0. The molecule has 0 radical (unpaired) electrons. The minimum atomic E-state index is -1.82. The Labute approximate surface area is 325 Å². The van der Waals surface area contributed by atoms with Gasteiger partial charge in [0.25, 0.3) is 0 Å². The molecule has 306 valence electrons. The Morgan fingerprint density at radius 3 is 2.30 bits per heavy atom. The Bertz CT molecular complexity index is 1790. The number of guanidine groups is 1. The van der Waals surface area contributed by atoms with Crippen LogP contribution in [0, 0.1) is 5.92 Å². The molecule has 6 atom stereocenters. The molecule has 0 bridgehead atoms. The van der Waals surface area contributed by atoms with Crippen molar-refractivity contribution < 1.29 is 63.5 Å². The lowest BCUT2D eigenvalue weighted by molar-refractivity contribution is -0.277. The molecule has 17 heteroatoms. The first-order chi connectivity index (χ1) is 26.7. The first-order valence-electron chi connectivity index (χ1n) is 18.1. The van der Waals surface area contributed by atoms with Gasteiger partial charge in [0.2, 0.25) is 12.0 Å². The molecule has 1 fully saturated rings. The molecule has 3 aromatic carbocycles. The third-order valence-corrected chi connectivity index (χ3v) is 8.89. The van der Waals surface area contributed by atoms with E-state index in [2.05, 4.69) is 29.5 Å². The zero-order chi connectivity index (χ0) is 40.9. The molecule has 0 aromatic heterocycles. The van der Waals surface area contributed by atoms with E-state index in [4.69, 9.17) is 34.2 Å². The van der Waals surface area contributed by atoms with Gasteiger partial charge in [0.15, 0.2) is 35.7 Å². The number of hydrogen-bond acceptors (Lipinski definition) is 14. The molecule has 0 spiro atoms. The summed E-state index contributed by atoms with van der Waals surface area (Å²) in [6.45, 7) is 5.38. The number of phenolic OH excluding ortho intramolecular Hbond substituents is 1. The minimum Gasteiger partial charge on any atom is -0.502 e. The highest BCUT2D eigenvalue weighted by Gasteiger charge is 2.46. The summed E-state index contributed by atoms with van der Waals surface area (Å²) in [7, 11) is 2.76. The van der Waals surface area contributed by atoms with E-state index in [0.29, 0.717) is 12.3 Å². The van der Waals surface area contributed by atoms with Crippen molar-refractivity contribution in [3.8, 4) is 28.7 Å². The molecule has 1 aliphatic heterocycles. The summed E-state index contributed by atoms with van der Waals surface area (Å²) in [5.74, 6) is -2.29. The average Bonchev–Trinajstić information content (AvgIpc) is 3.18. The van der Waals surface area contributed by atoms with Crippen LogP contribution in [-0.2, 0) is 15.9 Å². The summed E-state index contributed by atoms with van der Waals surface area (Å²) in [5, 5.41) is 59.2. The number of esters is 1. The molecule has 1 heterocycles. The molecule has 1 saturated heterocycles. The number of carbonyl (C=O) groups excluding carboxylic acids is 1. The minimum absolute atomic E-state index is 0.0248. The van der Waals surface area contributed by atoms with E-state index in [9.17, 15) is 35.1 Å². The number of ether oxygens (including phenoxy) is 6. The van der Waals surface area contributed by atoms with Crippen LogP contribution in [0.5, 0.6) is 28.7 Å². The van der Waals surface area contributed by atoms with Crippen molar-refractivity contribution in [2.24, 2.45) is 16.6 Å². The Hall–Kier alpha value is -5.49. The Morgan fingerprint density at radius 1 is 0.929 bits per heavy atom. The van der Waals surface area contributed by atoms with Gasteiger partial charge >= 0.3 is 11.9 Å². The van der Waals surface area contributed by atoms with E-state index in [1.54, 1.807) is 0 Å². The van der Waals surface area contributed by atoms with Gasteiger partial charge in [-0.25, -0.2) is 9.59 Å². The lowest BCUT2D eigenvalue weighted by atomic mass is 9.99. The zero-order valence-electron chi connectivity index (χ0n) is 32.0. The van der Waals surface area contributed by atoms with E-state index >= 15 is 0 Å². The summed E-state index contributed by atoms with van der Waals surface area (Å²) in [4.78, 5) is 29.4. The second-order valence-electron chi connectivity index (χ2n) is 13.6. The zero-order valence-corrected chi connectivity index (χ0v) is 32.0. The smallest absolute Gasteiger partial charge is 0.338 e. The Kier molecular flexibility index (Phi) is 15.8. The van der Waals surface area contributed by atoms with Crippen LogP contribution >= 0.6 is 0 Å². The SMILES string of the molecule is CN=C(N)NCOc1cc(C(=O)O)c(N[C@H](C)CCC(C)C)cc1O[C@@H]1O[C@H](COC(=O)c2cc(OC)c(O)c(OCCc3ccccc3)c2)[C@@H](O)[C@H](O)[C@H]1O. The van der Waals surface area contributed by atoms with Crippen molar-refractivity contribution in [1.29, 1.82) is 0 Å². The van der Waals surface area contributed by atoms with Crippen LogP contribution in [0.4, 0.5) is 5.69 Å². The van der Waals surface area contributed by atoms with Crippen LogP contribution in [0.15, 0.2) is 59.6 Å². The number of nitrogens with two attached hydrogens (primary N) is 1. The summed E-state index contributed by atoms with van der Waals surface area (Å²) < 4.78 is 34.0. The number of carboxylic acid groups (broad SMARTS) is 1. The summed E-state index contributed by atoms with van der Waals surface area (Å²) in [6, 6.07) is 14.5. The second kappa shape index (κ2) is 20.4. The number of aromatic carboxylic acids is 1. The molecule has 9 N–H and O–H groups in total. The highest BCUT2D eigenvalue weighted by atomic mass is 16.7. The molecule has 0 saturated carbocycles. The third kappa shape index (κ3) is 11.8. The predicted molar refractivity (Wildman–Crippen MR) is 205 cm³/mol. The molecular weight excluding hydrogens is 732 g/mol. The number of nitrogens with one attached hydrogen (secondary N) is 2. The van der Waals surface area contributed by atoms with Gasteiger partial charge in [0, 0.05) is 31.6 Å². The van der Waals surface area contributed by atoms with Gasteiger partial charge in [-0.05, 0) is 43.4 Å². The highest BCUT2D eigenvalue weighted by molar-refractivity contribution is 5.95. The van der Waals surface area contributed by atoms with Crippen molar-refractivity contribution in [1.82, 2.24) is 5.32 Å². The number of carboxylic acids is 1. The summed E-state index contributed by atoms with van der Waals surface area (Å²) in [6.07, 6.45) is -6.32. The molecule has 4 rings (SSSR count). The molecule has 56 heavy (non-hydrogen) atoms. The van der Waals surface area contributed by atoms with Gasteiger partial charge in [0.1, 0.15) is 31.0 Å². The van der Waals surface area contributed by atoms with Gasteiger partial charge in [-0.1, -0.05) is 44.2 Å². The number of aliphatic hydroxyl groups is 3. The van der Waals surface area contributed by atoms with Gasteiger partial charge in [-0.3, -0.25) is 4.99 Å². The van der Waals surface area contributed by atoms with Gasteiger partial charge in [-0.15, -0.1) is 0 Å². The highest BCUT2D eigenvalue weighted by Crippen LogP contribution is 2.39. The number of carbonyl (C=O) groups is 2. The Balaban J connectivity index is 1.53. The van der Waals surface area contributed by atoms with Crippen LogP contribution in [0.25, 0.3) is 0 Å². The van der Waals surface area contributed by atoms with Crippen LogP contribution < -0.4 is 35.3 Å². The number of aliphatic imine (C=N–C) groups is 1. The number of phenols is 1. The number of hydrogen-bond donors (Lipinski definition) is 8. The lowest BCUT2D eigenvalue weighted by Crippen LogP contribution is -2.60. The number of rotatable bonds is 19. The molecular formula is C39H52N4O13. The van der Waals surface area contributed by atoms with E-state index in [1.165, 1.54) is 38.4 Å². The first-order valence-corrected chi connectivity index (χ1v) is 18.1. The van der Waals surface area contributed by atoms with Crippen molar-refractivity contribution in [3.63, 3.8) is 0 Å². The normalized spacial score (nSPS) is 20.2. The Morgan fingerprint density at radius 2 is 1.64 bits per heavy atom. The fraction of sp³-hybridized carbons (Fsp3) is 0.462. The van der Waals surface area contributed by atoms with Crippen molar-refractivity contribution in [3.05, 3.63) is 71.3 Å². The molecule has 3 aromatic rings. The van der Waals surface area contributed by atoms with E-state index < -0.39 is 49.3 Å². The maximum absolute atomic E-state index is 13.3. The van der Waals surface area contributed by atoms with Crippen LogP contribution in [0.2, 0.25) is 0 Å². The fourth-order valence-corrected chi connectivity index (χ4v) is 5.66. The van der Waals surface area contributed by atoms with Gasteiger partial charge in [0.05, 0.1) is 30.5 Å². The third-order valence-electron chi connectivity index (χ3n) is 8.89. The molecule has 1 aliphatic rings. The maximum Gasteiger partial charge on any atom is 0.338 e. The second-order valence-corrected chi connectivity index (χ2v) is 13.6.